The third kappa shape index (κ3) is 1.92. The summed E-state index contributed by atoms with van der Waals surface area (Å²) in [5, 5.41) is 19.7. The Morgan fingerprint density at radius 1 is 1.55 bits per heavy atom. The Morgan fingerprint density at radius 2 is 2.30 bits per heavy atom. The normalized spacial score (nSPS) is 44.2. The predicted molar refractivity (Wildman–Crippen MR) is 70.7 cm³/mol. The number of carbonyl (C=O) groups is 1. The van der Waals surface area contributed by atoms with E-state index in [0.29, 0.717) is 31.3 Å². The lowest BCUT2D eigenvalue weighted by molar-refractivity contribution is -0.276. The minimum absolute atomic E-state index is 0.190. The molecule has 0 aromatic rings. The van der Waals surface area contributed by atoms with Crippen molar-refractivity contribution in [1.82, 2.24) is 0 Å². The van der Waals surface area contributed by atoms with Crippen LogP contribution in [-0.4, -0.2) is 34.6 Å². The van der Waals surface area contributed by atoms with Gasteiger partial charge >= 0.3 is 5.97 Å². The first-order valence-corrected chi connectivity index (χ1v) is 7.03. The van der Waals surface area contributed by atoms with Crippen molar-refractivity contribution in [2.75, 3.05) is 0 Å². The van der Waals surface area contributed by atoms with Crippen molar-refractivity contribution in [3.8, 4) is 0 Å². The summed E-state index contributed by atoms with van der Waals surface area (Å²) in [5.74, 6) is -0.600. The summed E-state index contributed by atoms with van der Waals surface area (Å²) in [5.41, 5.74) is 1.05. The Morgan fingerprint density at radius 3 is 3.00 bits per heavy atom. The molecule has 2 aliphatic carbocycles. The third-order valence-corrected chi connectivity index (χ3v) is 5.14. The zero-order valence-corrected chi connectivity index (χ0v) is 11.5. The Kier molecular flexibility index (Phi) is 3.23. The lowest BCUT2D eigenvalue weighted by Crippen LogP contribution is -2.48. The van der Waals surface area contributed by atoms with E-state index in [2.05, 4.69) is 11.5 Å². The fraction of sp³-hybridized carbons (Fsp3) is 0.667. The quantitative estimate of drug-likeness (QED) is 0.252. The Labute approximate surface area is 117 Å². The van der Waals surface area contributed by atoms with Crippen LogP contribution in [0, 0.1) is 11.3 Å². The lowest BCUT2D eigenvalue weighted by Gasteiger charge is -2.45. The van der Waals surface area contributed by atoms with Gasteiger partial charge in [0.1, 0.15) is 12.2 Å². The summed E-state index contributed by atoms with van der Waals surface area (Å²) in [6.07, 6.45) is 3.06. The standard InChI is InChI=1S/C15H20O5/c1-8-10-4-3-9-7-15(2,6-5-11(9)20-18)13(16)12(10)19-14(8)17/h3,10-13,16,18H,1,4-7H2,2H3/t10?,11-,12+,13-,15-/m1/s1. The predicted octanol–water partition coefficient (Wildman–Crippen LogP) is 1.82. The molecule has 3 rings (SSSR count). The molecular formula is C15H20O5. The largest absolute Gasteiger partial charge is 0.456 e. The van der Waals surface area contributed by atoms with Gasteiger partial charge < -0.3 is 9.84 Å². The van der Waals surface area contributed by atoms with Crippen LogP contribution in [0.1, 0.15) is 32.6 Å². The smallest absolute Gasteiger partial charge is 0.334 e. The Balaban J connectivity index is 1.99. The van der Waals surface area contributed by atoms with Crippen molar-refractivity contribution in [1.29, 1.82) is 0 Å². The van der Waals surface area contributed by atoms with Gasteiger partial charge in [0.15, 0.2) is 0 Å². The second-order valence-electron chi connectivity index (χ2n) is 6.42. The average molecular weight is 280 g/mol. The molecule has 0 aromatic heterocycles. The first-order valence-electron chi connectivity index (χ1n) is 7.03. The van der Waals surface area contributed by atoms with E-state index in [1.165, 1.54) is 0 Å². The summed E-state index contributed by atoms with van der Waals surface area (Å²) in [6.45, 7) is 5.78. The molecule has 5 atom stereocenters. The van der Waals surface area contributed by atoms with E-state index in [4.69, 9.17) is 9.99 Å². The first kappa shape index (κ1) is 13.8. The van der Waals surface area contributed by atoms with Gasteiger partial charge in [-0.05, 0) is 31.3 Å². The molecule has 0 aromatic carbocycles. The summed E-state index contributed by atoms with van der Waals surface area (Å²) in [6, 6.07) is 0. The highest BCUT2D eigenvalue weighted by Gasteiger charge is 2.51. The molecule has 2 fully saturated rings. The van der Waals surface area contributed by atoms with E-state index < -0.39 is 18.2 Å². The zero-order valence-electron chi connectivity index (χ0n) is 11.5. The summed E-state index contributed by atoms with van der Waals surface area (Å²) < 4.78 is 5.34. The summed E-state index contributed by atoms with van der Waals surface area (Å²) in [4.78, 5) is 16.3. The molecule has 1 saturated carbocycles. The highest BCUT2D eigenvalue weighted by Crippen LogP contribution is 2.49. The van der Waals surface area contributed by atoms with E-state index >= 15 is 0 Å². The summed E-state index contributed by atoms with van der Waals surface area (Å²) >= 11 is 0. The topological polar surface area (TPSA) is 76.0 Å². The van der Waals surface area contributed by atoms with Crippen LogP contribution in [0.3, 0.4) is 0 Å². The number of fused-ring (bicyclic) bond motifs is 3. The van der Waals surface area contributed by atoms with Crippen LogP contribution in [0.15, 0.2) is 23.8 Å². The van der Waals surface area contributed by atoms with Crippen LogP contribution in [0.4, 0.5) is 0 Å². The van der Waals surface area contributed by atoms with Gasteiger partial charge in [-0.2, -0.15) is 0 Å². The van der Waals surface area contributed by atoms with Gasteiger partial charge in [-0.15, -0.1) is 0 Å². The molecule has 5 heteroatoms. The number of aliphatic hydroxyl groups is 1. The Bertz CT molecular complexity index is 483. The van der Waals surface area contributed by atoms with Gasteiger partial charge in [0.2, 0.25) is 0 Å². The molecule has 110 valence electrons. The molecular weight excluding hydrogens is 260 g/mol. The SMILES string of the molecule is C=C1C(=O)O[C@H]2C1CC=C1C[C@@](C)(CC[C@H]1OO)[C@@H]2O. The van der Waals surface area contributed by atoms with Gasteiger partial charge in [0, 0.05) is 16.9 Å². The molecule has 1 heterocycles. The maximum atomic E-state index is 11.7. The van der Waals surface area contributed by atoms with E-state index in [9.17, 15) is 9.90 Å². The molecule has 0 amide bonds. The Hall–Kier alpha value is -1.17. The first-order chi connectivity index (χ1) is 9.46. The average Bonchev–Trinajstić information content (AvgIpc) is 2.71. The molecule has 20 heavy (non-hydrogen) atoms. The van der Waals surface area contributed by atoms with E-state index in [1.54, 1.807) is 0 Å². The van der Waals surface area contributed by atoms with Gasteiger partial charge in [0.25, 0.3) is 0 Å². The number of allylic oxidation sites excluding steroid dienone is 1. The molecule has 2 N–H and O–H groups in total. The molecule has 1 saturated heterocycles. The summed E-state index contributed by atoms with van der Waals surface area (Å²) in [7, 11) is 0. The fourth-order valence-corrected chi connectivity index (χ4v) is 3.76. The van der Waals surface area contributed by atoms with Gasteiger partial charge in [-0.3, -0.25) is 5.26 Å². The number of hydrogen-bond acceptors (Lipinski definition) is 5. The maximum Gasteiger partial charge on any atom is 0.334 e. The van der Waals surface area contributed by atoms with Crippen molar-refractivity contribution in [3.05, 3.63) is 23.8 Å². The molecule has 3 aliphatic rings. The molecule has 2 bridgehead atoms. The van der Waals surface area contributed by atoms with Crippen LogP contribution >= 0.6 is 0 Å². The molecule has 1 aliphatic heterocycles. The monoisotopic (exact) mass is 280 g/mol. The second-order valence-corrected chi connectivity index (χ2v) is 6.42. The third-order valence-electron chi connectivity index (χ3n) is 5.14. The minimum atomic E-state index is -0.723. The minimum Gasteiger partial charge on any atom is -0.456 e. The van der Waals surface area contributed by atoms with Crippen LogP contribution in [0.25, 0.3) is 0 Å². The van der Waals surface area contributed by atoms with Gasteiger partial charge in [-0.25, -0.2) is 9.68 Å². The molecule has 0 spiro atoms. The van der Waals surface area contributed by atoms with E-state index in [-0.39, 0.29) is 17.4 Å². The van der Waals surface area contributed by atoms with Crippen molar-refractivity contribution in [3.63, 3.8) is 0 Å². The number of esters is 1. The van der Waals surface area contributed by atoms with E-state index in [1.807, 2.05) is 13.0 Å². The van der Waals surface area contributed by atoms with Gasteiger partial charge in [-0.1, -0.05) is 19.6 Å². The number of aliphatic hydroxyl groups excluding tert-OH is 1. The van der Waals surface area contributed by atoms with Crippen LogP contribution < -0.4 is 0 Å². The van der Waals surface area contributed by atoms with Crippen molar-refractivity contribution >= 4 is 5.97 Å². The number of ether oxygens (including phenoxy) is 1. The van der Waals surface area contributed by atoms with E-state index in [0.717, 1.165) is 5.57 Å². The van der Waals surface area contributed by atoms with Crippen LogP contribution in [-0.2, 0) is 14.4 Å². The lowest BCUT2D eigenvalue weighted by atomic mass is 9.64. The van der Waals surface area contributed by atoms with Crippen molar-refractivity contribution in [2.45, 2.75) is 50.9 Å². The zero-order chi connectivity index (χ0) is 14.5. The van der Waals surface area contributed by atoms with Crippen LogP contribution in [0.2, 0.25) is 0 Å². The number of hydrogen-bond donors (Lipinski definition) is 2. The maximum absolute atomic E-state index is 11.7. The van der Waals surface area contributed by atoms with Crippen molar-refractivity contribution in [2.24, 2.45) is 11.3 Å². The highest BCUT2D eigenvalue weighted by molar-refractivity contribution is 5.91. The van der Waals surface area contributed by atoms with Crippen LogP contribution in [0.5, 0.6) is 0 Å². The van der Waals surface area contributed by atoms with Gasteiger partial charge in [0.05, 0.1) is 6.10 Å². The second kappa shape index (κ2) is 4.69. The molecule has 5 nitrogen and oxygen atoms in total. The fourth-order valence-electron chi connectivity index (χ4n) is 3.76. The molecule has 0 radical (unpaired) electrons. The molecule has 1 unspecified atom stereocenters. The number of carbonyl (C=O) groups excluding carboxylic acids is 1. The highest BCUT2D eigenvalue weighted by atomic mass is 17.1. The van der Waals surface area contributed by atoms with Crippen molar-refractivity contribution < 1.29 is 24.8 Å². The number of rotatable bonds is 1.